The molecule has 0 saturated carbocycles. The number of sulfonamides is 2. The SMILES string of the molecule is CC(Oc1nc(-c2ccccc2)ccc1NCC(N)CS)C(=O)NCc1cccc(N(S(C)(=O)=O)S(C)(=O)=O)c1. The van der Waals surface area contributed by atoms with Gasteiger partial charge in [-0.3, -0.25) is 4.79 Å². The van der Waals surface area contributed by atoms with Crippen molar-refractivity contribution in [2.24, 2.45) is 5.73 Å². The Bertz CT molecular complexity index is 1500. The first-order valence-corrected chi connectivity index (χ1v) is 16.5. The summed E-state index contributed by atoms with van der Waals surface area (Å²) in [5.41, 5.74) is 8.50. The number of rotatable bonds is 13. The summed E-state index contributed by atoms with van der Waals surface area (Å²) in [6, 6.07) is 18.8. The Balaban J connectivity index is 1.76. The van der Waals surface area contributed by atoms with E-state index in [2.05, 4.69) is 28.2 Å². The molecule has 4 N–H and O–H groups in total. The van der Waals surface area contributed by atoms with E-state index in [0.717, 1.165) is 18.1 Å². The van der Waals surface area contributed by atoms with Crippen LogP contribution in [0.5, 0.6) is 5.88 Å². The molecule has 0 radical (unpaired) electrons. The second kappa shape index (κ2) is 13.4. The minimum Gasteiger partial charge on any atom is -0.463 e. The second-order valence-corrected chi connectivity index (χ2v) is 13.4. The second-order valence-electron chi connectivity index (χ2n) is 9.11. The van der Waals surface area contributed by atoms with Crippen molar-refractivity contribution in [3.05, 3.63) is 72.3 Å². The van der Waals surface area contributed by atoms with Gasteiger partial charge in [0.1, 0.15) is 0 Å². The number of benzene rings is 2. The van der Waals surface area contributed by atoms with Crippen LogP contribution in [0, 0.1) is 0 Å². The average molecular weight is 608 g/mol. The summed E-state index contributed by atoms with van der Waals surface area (Å²) in [5.74, 6) is 0.234. The largest absolute Gasteiger partial charge is 0.463 e. The molecule has 0 spiro atoms. The molecule has 3 aromatic rings. The molecule has 0 saturated heterocycles. The van der Waals surface area contributed by atoms with Crippen molar-refractivity contribution in [1.29, 1.82) is 0 Å². The Hall–Kier alpha value is -3.33. The van der Waals surface area contributed by atoms with Crippen molar-refractivity contribution < 1.29 is 26.4 Å². The Morgan fingerprint density at radius 3 is 2.33 bits per heavy atom. The lowest BCUT2D eigenvalue weighted by atomic mass is 10.1. The van der Waals surface area contributed by atoms with Crippen molar-refractivity contribution in [2.45, 2.75) is 25.6 Å². The average Bonchev–Trinajstić information content (AvgIpc) is 2.89. The topological polar surface area (TPSA) is 161 Å². The summed E-state index contributed by atoms with van der Waals surface area (Å²) in [5, 5.41) is 5.92. The summed E-state index contributed by atoms with van der Waals surface area (Å²) in [6.45, 7) is 1.99. The van der Waals surface area contributed by atoms with E-state index >= 15 is 0 Å². The molecule has 1 amide bonds. The van der Waals surface area contributed by atoms with Gasteiger partial charge in [0, 0.05) is 30.4 Å². The number of nitrogens with zero attached hydrogens (tertiary/aromatic N) is 2. The molecule has 0 fully saturated rings. The number of amides is 1. The summed E-state index contributed by atoms with van der Waals surface area (Å²) in [4.78, 5) is 17.5. The van der Waals surface area contributed by atoms with Gasteiger partial charge >= 0.3 is 0 Å². The van der Waals surface area contributed by atoms with Crippen molar-refractivity contribution in [3.63, 3.8) is 0 Å². The molecule has 1 aromatic heterocycles. The fourth-order valence-electron chi connectivity index (χ4n) is 3.70. The van der Waals surface area contributed by atoms with Crippen LogP contribution >= 0.6 is 12.6 Å². The van der Waals surface area contributed by atoms with Gasteiger partial charge in [0.2, 0.25) is 25.9 Å². The highest BCUT2D eigenvalue weighted by molar-refractivity contribution is 8.09. The highest BCUT2D eigenvalue weighted by Crippen LogP contribution is 2.28. The molecule has 0 aliphatic carbocycles. The van der Waals surface area contributed by atoms with Crippen LogP contribution in [0.4, 0.5) is 11.4 Å². The summed E-state index contributed by atoms with van der Waals surface area (Å²) >= 11 is 4.21. The van der Waals surface area contributed by atoms with Crippen molar-refractivity contribution >= 4 is 50.0 Å². The van der Waals surface area contributed by atoms with Gasteiger partial charge in [-0.1, -0.05) is 42.5 Å². The molecule has 0 bridgehead atoms. The molecule has 11 nitrogen and oxygen atoms in total. The molecule has 0 aliphatic heterocycles. The number of hydrogen-bond acceptors (Lipinski definition) is 10. The smallest absolute Gasteiger partial charge is 0.261 e. The molecule has 1 heterocycles. The van der Waals surface area contributed by atoms with E-state index < -0.39 is 32.1 Å². The first-order chi connectivity index (χ1) is 18.8. The highest BCUT2D eigenvalue weighted by atomic mass is 32.3. The van der Waals surface area contributed by atoms with E-state index in [1.165, 1.54) is 18.2 Å². The normalized spacial score (nSPS) is 13.2. The van der Waals surface area contributed by atoms with E-state index in [1.54, 1.807) is 19.1 Å². The van der Waals surface area contributed by atoms with E-state index in [0.29, 0.717) is 33.0 Å². The van der Waals surface area contributed by atoms with Gasteiger partial charge in [-0.25, -0.2) is 21.8 Å². The van der Waals surface area contributed by atoms with Crippen LogP contribution in [0.25, 0.3) is 11.3 Å². The summed E-state index contributed by atoms with van der Waals surface area (Å²) in [6.07, 6.45) is 0.652. The number of ether oxygens (including phenoxy) is 1. The Morgan fingerprint density at radius 1 is 1.02 bits per heavy atom. The third-order valence-electron chi connectivity index (χ3n) is 5.57. The van der Waals surface area contributed by atoms with Crippen LogP contribution in [0.1, 0.15) is 12.5 Å². The number of thiol groups is 1. The maximum Gasteiger partial charge on any atom is 0.261 e. The maximum absolute atomic E-state index is 12.9. The number of carbonyl (C=O) groups is 1. The molecule has 2 unspecified atom stereocenters. The zero-order valence-electron chi connectivity index (χ0n) is 22.3. The number of aromatic nitrogens is 1. The fourth-order valence-corrected chi connectivity index (χ4v) is 6.79. The van der Waals surface area contributed by atoms with Crippen molar-refractivity contribution in [3.8, 4) is 17.1 Å². The zero-order valence-corrected chi connectivity index (χ0v) is 24.8. The van der Waals surface area contributed by atoms with Crippen LogP contribution in [0.15, 0.2) is 66.7 Å². The molecule has 2 atom stereocenters. The van der Waals surface area contributed by atoms with E-state index in [-0.39, 0.29) is 24.2 Å². The van der Waals surface area contributed by atoms with Crippen LogP contribution in [-0.2, 0) is 31.4 Å². The summed E-state index contributed by atoms with van der Waals surface area (Å²) in [7, 11) is -8.20. The van der Waals surface area contributed by atoms with Crippen LogP contribution in [0.2, 0.25) is 0 Å². The molecule has 3 rings (SSSR count). The van der Waals surface area contributed by atoms with E-state index in [9.17, 15) is 21.6 Å². The number of nitrogens with one attached hydrogen (secondary N) is 2. The fraction of sp³-hybridized carbons (Fsp3) is 0.308. The Kier molecular flexibility index (Phi) is 10.4. The Labute approximate surface area is 240 Å². The molecule has 40 heavy (non-hydrogen) atoms. The van der Waals surface area contributed by atoms with Crippen LogP contribution in [-0.4, -0.2) is 64.7 Å². The van der Waals surface area contributed by atoms with Crippen molar-refractivity contribution in [2.75, 3.05) is 33.8 Å². The van der Waals surface area contributed by atoms with Crippen LogP contribution in [0.3, 0.4) is 0 Å². The molecule has 0 aliphatic rings. The third kappa shape index (κ3) is 8.58. The van der Waals surface area contributed by atoms with Crippen LogP contribution < -0.4 is 24.8 Å². The minimum absolute atomic E-state index is 0.00112. The van der Waals surface area contributed by atoms with Gasteiger partial charge in [-0.2, -0.15) is 16.3 Å². The van der Waals surface area contributed by atoms with Gasteiger partial charge < -0.3 is 21.1 Å². The summed E-state index contributed by atoms with van der Waals surface area (Å²) < 4.78 is 54.7. The lowest BCUT2D eigenvalue weighted by Gasteiger charge is -2.21. The van der Waals surface area contributed by atoms with Gasteiger partial charge in [0.15, 0.2) is 6.10 Å². The lowest BCUT2D eigenvalue weighted by Crippen LogP contribution is -2.37. The lowest BCUT2D eigenvalue weighted by molar-refractivity contribution is -0.127. The number of nitrogens with two attached hydrogens (primary N) is 1. The predicted octanol–water partition coefficient (Wildman–Crippen LogP) is 2.23. The van der Waals surface area contributed by atoms with E-state index in [1.807, 2.05) is 36.4 Å². The quantitative estimate of drug-likeness (QED) is 0.214. The molecule has 216 valence electrons. The van der Waals surface area contributed by atoms with Gasteiger partial charge in [-0.05, 0) is 36.8 Å². The minimum atomic E-state index is -4.10. The van der Waals surface area contributed by atoms with Gasteiger partial charge in [-0.15, -0.1) is 0 Å². The number of pyridine rings is 1. The maximum atomic E-state index is 12.9. The Morgan fingerprint density at radius 2 is 1.70 bits per heavy atom. The molecular weight excluding hydrogens is 575 g/mol. The molecule has 2 aromatic carbocycles. The van der Waals surface area contributed by atoms with Crippen molar-refractivity contribution in [1.82, 2.24) is 10.3 Å². The number of anilines is 2. The van der Waals surface area contributed by atoms with Gasteiger partial charge in [0.05, 0.1) is 29.6 Å². The van der Waals surface area contributed by atoms with E-state index in [4.69, 9.17) is 10.5 Å². The zero-order chi connectivity index (χ0) is 29.5. The monoisotopic (exact) mass is 607 g/mol. The first-order valence-electron chi connectivity index (χ1n) is 12.2. The van der Waals surface area contributed by atoms with Gasteiger partial charge in [0.25, 0.3) is 5.91 Å². The number of hydrogen-bond donors (Lipinski definition) is 4. The molecular formula is C26H33N5O6S3. The number of carbonyl (C=O) groups excluding carboxylic acids is 1. The standard InChI is InChI=1S/C26H33N5O6S3/c1-18(25(32)29-15-19-8-7-11-22(14-19)31(39(2,33)34)40(3,35)36)37-26-24(28-16-21(27)17-38)13-12-23(30-26)20-9-5-4-6-10-20/h4-14,18,21,28,38H,15-17,27H2,1-3H3,(H,29,32). The molecule has 14 heteroatoms. The predicted molar refractivity (Wildman–Crippen MR) is 161 cm³/mol. The third-order valence-corrected chi connectivity index (χ3v) is 9.29. The first kappa shape index (κ1) is 31.2. The highest BCUT2D eigenvalue weighted by Gasteiger charge is 2.27.